The van der Waals surface area contributed by atoms with Gasteiger partial charge in [-0.05, 0) is 50.3 Å². The van der Waals surface area contributed by atoms with E-state index < -0.39 is 18.3 Å². The lowest BCUT2D eigenvalue weighted by atomic mass is 9.40. The lowest BCUT2D eigenvalue weighted by Crippen LogP contribution is -2.76. The van der Waals surface area contributed by atoms with Gasteiger partial charge in [0.2, 0.25) is 0 Å². The van der Waals surface area contributed by atoms with Crippen molar-refractivity contribution in [1.82, 2.24) is 0 Å². The molecule has 0 amide bonds. The van der Waals surface area contributed by atoms with Crippen LogP contribution in [0.3, 0.4) is 0 Å². The Labute approximate surface area is 119 Å². The third-order valence-corrected chi connectivity index (χ3v) is 5.93. The van der Waals surface area contributed by atoms with Crippen molar-refractivity contribution in [2.75, 3.05) is 5.33 Å². The second-order valence-corrected chi connectivity index (χ2v) is 7.46. The van der Waals surface area contributed by atoms with Gasteiger partial charge in [-0.3, -0.25) is 0 Å². The topological polar surface area (TPSA) is 49.7 Å². The van der Waals surface area contributed by atoms with Gasteiger partial charge in [0.05, 0.1) is 11.2 Å². The molecule has 0 aliphatic heterocycles. The van der Waals surface area contributed by atoms with E-state index in [4.69, 9.17) is 4.65 Å². The molecule has 0 saturated heterocycles. The van der Waals surface area contributed by atoms with Gasteiger partial charge < -0.3 is 14.8 Å². The fraction of sp³-hybridized carbons (Fsp3) is 1.00. The fourth-order valence-corrected chi connectivity index (χ4v) is 4.29. The van der Waals surface area contributed by atoms with E-state index in [1.807, 2.05) is 6.92 Å². The van der Waals surface area contributed by atoms with Crippen LogP contribution >= 0.6 is 15.9 Å². The van der Waals surface area contributed by atoms with Gasteiger partial charge >= 0.3 is 7.12 Å². The van der Waals surface area contributed by atoms with Crippen LogP contribution in [0.4, 0.5) is 0 Å². The molecule has 2 bridgehead atoms. The van der Waals surface area contributed by atoms with Crippen LogP contribution in [0, 0.1) is 11.3 Å². The highest BCUT2D eigenvalue weighted by atomic mass is 79.9. The van der Waals surface area contributed by atoms with E-state index in [1.165, 1.54) is 0 Å². The van der Waals surface area contributed by atoms with Gasteiger partial charge in [-0.1, -0.05) is 29.8 Å². The summed E-state index contributed by atoms with van der Waals surface area (Å²) in [4.78, 5) is 0. The van der Waals surface area contributed by atoms with E-state index in [0.29, 0.717) is 12.2 Å². The molecule has 0 aromatic carbocycles. The van der Waals surface area contributed by atoms with Crippen LogP contribution in [0.1, 0.15) is 46.5 Å². The number of alkyl halides is 1. The van der Waals surface area contributed by atoms with Gasteiger partial charge in [0.15, 0.2) is 0 Å². The molecule has 0 radical (unpaired) electrons. The van der Waals surface area contributed by atoms with E-state index in [1.54, 1.807) is 0 Å². The number of fused-ring (bicyclic) bond motifs is 2. The Bertz CT molecular complexity index is 311. The predicted octanol–water partition coefficient (Wildman–Crippen LogP) is 2.60. The van der Waals surface area contributed by atoms with Crippen LogP contribution in [0.5, 0.6) is 0 Å². The predicted molar refractivity (Wildman–Crippen MR) is 76.8 cm³/mol. The van der Waals surface area contributed by atoms with Crippen LogP contribution in [0.25, 0.3) is 0 Å². The number of halogens is 1. The maximum Gasteiger partial charge on any atom is 0.454 e. The summed E-state index contributed by atoms with van der Waals surface area (Å²) in [5.74, 6) is 0.612. The SMILES string of the molecule is CC1(O)CCC2CC1(OB(O)CCCBr)C2(C)C. The maximum absolute atomic E-state index is 10.7. The molecule has 5 heteroatoms. The molecule has 3 nitrogen and oxygen atoms in total. The first kappa shape index (κ1) is 14.8. The normalized spacial score (nSPS) is 41.3. The third kappa shape index (κ3) is 1.98. The second-order valence-electron chi connectivity index (χ2n) is 6.67. The molecule has 3 fully saturated rings. The van der Waals surface area contributed by atoms with Crippen LogP contribution < -0.4 is 0 Å². The molecule has 3 aliphatic rings. The van der Waals surface area contributed by atoms with Gasteiger partial charge in [0.25, 0.3) is 0 Å². The minimum absolute atomic E-state index is 0.0515. The molecule has 0 heterocycles. The van der Waals surface area contributed by atoms with Crippen molar-refractivity contribution in [3.8, 4) is 0 Å². The lowest BCUT2D eigenvalue weighted by molar-refractivity contribution is -0.304. The minimum Gasteiger partial charge on any atom is -0.427 e. The van der Waals surface area contributed by atoms with Crippen molar-refractivity contribution >= 4 is 23.0 Å². The molecule has 3 atom stereocenters. The van der Waals surface area contributed by atoms with Gasteiger partial charge in [-0.2, -0.15) is 0 Å². The Morgan fingerprint density at radius 1 is 1.39 bits per heavy atom. The van der Waals surface area contributed by atoms with Crippen molar-refractivity contribution < 1.29 is 14.8 Å². The highest BCUT2D eigenvalue weighted by molar-refractivity contribution is 9.09. The highest BCUT2D eigenvalue weighted by Gasteiger charge is 2.71. The largest absolute Gasteiger partial charge is 0.454 e. The highest BCUT2D eigenvalue weighted by Crippen LogP contribution is 2.67. The monoisotopic (exact) mass is 318 g/mol. The number of hydrogen-bond acceptors (Lipinski definition) is 3. The Morgan fingerprint density at radius 2 is 2.06 bits per heavy atom. The van der Waals surface area contributed by atoms with E-state index in [9.17, 15) is 10.1 Å². The lowest BCUT2D eigenvalue weighted by Gasteiger charge is -2.71. The summed E-state index contributed by atoms with van der Waals surface area (Å²) in [6.45, 7) is 6.18. The van der Waals surface area contributed by atoms with Crippen molar-refractivity contribution in [2.45, 2.75) is 64.0 Å². The zero-order chi connectivity index (χ0) is 13.6. The Kier molecular flexibility index (Phi) is 3.92. The molecule has 0 aromatic rings. The molecule has 0 aromatic heterocycles. The molecule has 3 rings (SSSR count). The first-order valence-electron chi connectivity index (χ1n) is 6.91. The van der Waals surface area contributed by atoms with Crippen LogP contribution in [0.2, 0.25) is 6.32 Å². The first-order valence-corrected chi connectivity index (χ1v) is 8.03. The summed E-state index contributed by atoms with van der Waals surface area (Å²) < 4.78 is 5.96. The van der Waals surface area contributed by atoms with Crippen molar-refractivity contribution in [1.29, 1.82) is 0 Å². The van der Waals surface area contributed by atoms with E-state index in [0.717, 1.165) is 31.0 Å². The fourth-order valence-electron chi connectivity index (χ4n) is 3.97. The van der Waals surface area contributed by atoms with Crippen LogP contribution in [0.15, 0.2) is 0 Å². The summed E-state index contributed by atoms with van der Waals surface area (Å²) >= 11 is 3.36. The second kappa shape index (κ2) is 4.76. The molecule has 3 saturated carbocycles. The van der Waals surface area contributed by atoms with Crippen molar-refractivity contribution in [3.63, 3.8) is 0 Å². The van der Waals surface area contributed by atoms with Crippen LogP contribution in [-0.2, 0) is 4.65 Å². The standard InChI is InChI=1S/C13H24BBrO3/c1-11(2)10-5-6-12(3,16)13(11,9-10)18-14(17)7-4-8-15/h10,16-17H,4-9H2,1-3H3. The Balaban J connectivity index is 2.12. The molecule has 104 valence electrons. The summed E-state index contributed by atoms with van der Waals surface area (Å²) in [7, 11) is -0.771. The van der Waals surface area contributed by atoms with E-state index in [2.05, 4.69) is 29.8 Å². The van der Waals surface area contributed by atoms with Gasteiger partial charge in [0, 0.05) is 5.33 Å². The average molecular weight is 319 g/mol. The van der Waals surface area contributed by atoms with Gasteiger partial charge in [-0.15, -0.1) is 0 Å². The molecule has 0 spiro atoms. The molecule has 18 heavy (non-hydrogen) atoms. The Hall–Kier alpha value is 0.425. The maximum atomic E-state index is 10.7. The van der Waals surface area contributed by atoms with Crippen molar-refractivity contribution in [2.24, 2.45) is 11.3 Å². The number of aliphatic hydroxyl groups is 1. The number of rotatable bonds is 5. The smallest absolute Gasteiger partial charge is 0.427 e. The Morgan fingerprint density at radius 3 is 2.56 bits per heavy atom. The van der Waals surface area contributed by atoms with Crippen molar-refractivity contribution in [3.05, 3.63) is 0 Å². The average Bonchev–Trinajstić information content (AvgIpc) is 2.28. The molecular weight excluding hydrogens is 295 g/mol. The molecule has 2 N–H and O–H groups in total. The molecular formula is C13H24BBrO3. The quantitative estimate of drug-likeness (QED) is 0.605. The molecule has 3 unspecified atom stereocenters. The minimum atomic E-state index is -0.833. The molecule has 3 aliphatic carbocycles. The number of hydrogen-bond donors (Lipinski definition) is 2. The summed E-state index contributed by atoms with van der Waals surface area (Å²) in [6, 6.07) is 0. The van der Waals surface area contributed by atoms with E-state index in [-0.39, 0.29) is 5.41 Å². The first-order chi connectivity index (χ1) is 8.27. The summed E-state index contributed by atoms with van der Waals surface area (Å²) in [6.07, 6.45) is 4.19. The van der Waals surface area contributed by atoms with Gasteiger partial charge in [0.1, 0.15) is 0 Å². The zero-order valence-corrected chi connectivity index (χ0v) is 13.2. The van der Waals surface area contributed by atoms with Gasteiger partial charge in [-0.25, -0.2) is 0 Å². The third-order valence-electron chi connectivity index (χ3n) is 5.37. The van der Waals surface area contributed by atoms with Crippen LogP contribution in [-0.4, -0.2) is 33.8 Å². The zero-order valence-electron chi connectivity index (χ0n) is 11.6. The van der Waals surface area contributed by atoms with E-state index >= 15 is 0 Å². The summed E-state index contributed by atoms with van der Waals surface area (Å²) in [5, 5.41) is 21.6. The summed E-state index contributed by atoms with van der Waals surface area (Å²) in [5.41, 5.74) is -1.46.